The maximum absolute atomic E-state index is 9.91. The number of nitrogens with two attached hydrogens (primary N) is 1. The fourth-order valence-corrected chi connectivity index (χ4v) is 1.24. The van der Waals surface area contributed by atoms with Gasteiger partial charge in [0.2, 0.25) is 5.88 Å². The molecule has 0 radical (unpaired) electrons. The van der Waals surface area contributed by atoms with Crippen molar-refractivity contribution < 1.29 is 14.4 Å². The van der Waals surface area contributed by atoms with Gasteiger partial charge in [0.15, 0.2) is 6.26 Å². The van der Waals surface area contributed by atoms with E-state index in [4.69, 9.17) is 15.3 Å². The van der Waals surface area contributed by atoms with Gasteiger partial charge in [-0.05, 0) is 17.5 Å². The smallest absolute Gasteiger partial charge is 0.243 e. The minimum absolute atomic E-state index is 0.152. The summed E-state index contributed by atoms with van der Waals surface area (Å²) in [4.78, 5) is 15.1. The van der Waals surface area contributed by atoms with Gasteiger partial charge in [0.05, 0.1) is 0 Å². The van der Waals surface area contributed by atoms with Crippen LogP contribution in [-0.4, -0.2) is 23.9 Å². The summed E-state index contributed by atoms with van der Waals surface area (Å²) >= 11 is 0. The van der Waals surface area contributed by atoms with Gasteiger partial charge in [-0.3, -0.25) is 5.43 Å². The highest BCUT2D eigenvalue weighted by Crippen LogP contribution is 2.12. The van der Waals surface area contributed by atoms with E-state index in [1.165, 1.54) is 17.5 Å². The number of rotatable bonds is 6. The molecule has 0 fully saturated rings. The fraction of sp³-hybridized carbons (Fsp3) is 0.600. The molecular weight excluding hydrogens is 210 g/mol. The lowest BCUT2D eigenvalue weighted by atomic mass is 10.1. The van der Waals surface area contributed by atoms with Gasteiger partial charge >= 0.3 is 0 Å². The summed E-state index contributed by atoms with van der Waals surface area (Å²) in [5, 5.41) is 1.42. The monoisotopic (exact) mass is 227 g/mol. The molecule has 1 aliphatic heterocycles. The van der Waals surface area contributed by atoms with Gasteiger partial charge in [-0.15, -0.1) is 0 Å². The maximum Gasteiger partial charge on any atom is 0.243 e. The molecule has 0 unspecified atom stereocenters. The van der Waals surface area contributed by atoms with E-state index >= 15 is 0 Å². The van der Waals surface area contributed by atoms with Gasteiger partial charge in [-0.25, -0.2) is 4.79 Å². The SMILES string of the molecule is CC(C)C[C@@H](N)N1NC(OCC=C=O)=CO1. The third-order valence-electron chi connectivity index (χ3n) is 1.91. The van der Waals surface area contributed by atoms with Crippen molar-refractivity contribution in [2.75, 3.05) is 6.61 Å². The Hall–Kier alpha value is -1.49. The summed E-state index contributed by atoms with van der Waals surface area (Å²) in [7, 11) is 0. The van der Waals surface area contributed by atoms with Crippen LogP contribution < -0.4 is 11.2 Å². The molecule has 0 aliphatic carbocycles. The molecule has 6 nitrogen and oxygen atoms in total. The Labute approximate surface area is 94.6 Å². The van der Waals surface area contributed by atoms with Crippen molar-refractivity contribution >= 4 is 5.94 Å². The summed E-state index contributed by atoms with van der Waals surface area (Å²) in [6.45, 7) is 4.31. The number of hydrogen-bond donors (Lipinski definition) is 2. The highest BCUT2D eigenvalue weighted by Gasteiger charge is 2.22. The molecule has 1 heterocycles. The van der Waals surface area contributed by atoms with Crippen molar-refractivity contribution in [2.24, 2.45) is 11.7 Å². The van der Waals surface area contributed by atoms with Gasteiger partial charge in [0.25, 0.3) is 0 Å². The maximum atomic E-state index is 9.91. The van der Waals surface area contributed by atoms with Crippen molar-refractivity contribution in [2.45, 2.75) is 26.4 Å². The number of hydrogen-bond acceptors (Lipinski definition) is 6. The van der Waals surface area contributed by atoms with Crippen LogP contribution in [0.25, 0.3) is 0 Å². The van der Waals surface area contributed by atoms with Crippen LogP contribution >= 0.6 is 0 Å². The second-order valence-corrected chi connectivity index (χ2v) is 3.85. The molecule has 16 heavy (non-hydrogen) atoms. The molecular formula is C10H17N3O3. The first-order valence-corrected chi connectivity index (χ1v) is 5.14. The number of hydrazine groups is 1. The zero-order valence-electron chi connectivity index (χ0n) is 9.47. The summed E-state index contributed by atoms with van der Waals surface area (Å²) in [6.07, 6.45) is 3.18. The topological polar surface area (TPSA) is 76.8 Å². The van der Waals surface area contributed by atoms with Crippen LogP contribution in [0.3, 0.4) is 0 Å². The highest BCUT2D eigenvalue weighted by molar-refractivity contribution is 5.44. The Kier molecular flexibility index (Phi) is 4.85. The Morgan fingerprint density at radius 2 is 2.50 bits per heavy atom. The number of ether oxygens (including phenoxy) is 1. The fourth-order valence-electron chi connectivity index (χ4n) is 1.24. The van der Waals surface area contributed by atoms with Gasteiger partial charge < -0.3 is 15.3 Å². The Bertz CT molecular complexity index is 298. The van der Waals surface area contributed by atoms with Crippen LogP contribution in [0.5, 0.6) is 0 Å². The van der Waals surface area contributed by atoms with E-state index in [-0.39, 0.29) is 12.8 Å². The van der Waals surface area contributed by atoms with Crippen LogP contribution in [0.15, 0.2) is 18.2 Å². The van der Waals surface area contributed by atoms with E-state index in [0.29, 0.717) is 11.8 Å². The molecule has 0 spiro atoms. The van der Waals surface area contributed by atoms with E-state index in [0.717, 1.165) is 6.42 Å². The zero-order valence-corrected chi connectivity index (χ0v) is 9.47. The van der Waals surface area contributed by atoms with Crippen LogP contribution in [0.2, 0.25) is 0 Å². The van der Waals surface area contributed by atoms with Gasteiger partial charge in [-0.2, -0.15) is 0 Å². The molecule has 0 saturated heterocycles. The van der Waals surface area contributed by atoms with Crippen molar-refractivity contribution in [1.29, 1.82) is 0 Å². The Morgan fingerprint density at radius 3 is 3.12 bits per heavy atom. The number of nitrogens with zero attached hydrogens (tertiary/aromatic N) is 1. The Balaban J connectivity index is 2.29. The number of hydroxylamine groups is 1. The van der Waals surface area contributed by atoms with Crippen molar-refractivity contribution in [3.63, 3.8) is 0 Å². The summed E-state index contributed by atoms with van der Waals surface area (Å²) in [6, 6.07) is 0. The predicted molar refractivity (Wildman–Crippen MR) is 57.8 cm³/mol. The number of carbonyl (C=O) groups excluding carboxylic acids is 1. The second kappa shape index (κ2) is 6.17. The molecule has 1 atom stereocenters. The summed E-state index contributed by atoms with van der Waals surface area (Å²) < 4.78 is 5.14. The van der Waals surface area contributed by atoms with E-state index in [1.807, 2.05) is 0 Å². The van der Waals surface area contributed by atoms with Gasteiger partial charge in [-0.1, -0.05) is 13.8 Å². The van der Waals surface area contributed by atoms with Crippen LogP contribution in [0.1, 0.15) is 20.3 Å². The molecule has 3 N–H and O–H groups in total. The largest absolute Gasteiger partial charge is 0.471 e. The molecule has 0 bridgehead atoms. The lowest BCUT2D eigenvalue weighted by molar-refractivity contribution is -0.153. The molecule has 6 heteroatoms. The predicted octanol–water partition coefficient (Wildman–Crippen LogP) is 0.272. The summed E-state index contributed by atoms with van der Waals surface area (Å²) in [5.41, 5.74) is 8.71. The Morgan fingerprint density at radius 1 is 1.75 bits per heavy atom. The average Bonchev–Trinajstić information content (AvgIpc) is 2.66. The van der Waals surface area contributed by atoms with Crippen LogP contribution in [-0.2, 0) is 14.4 Å². The van der Waals surface area contributed by atoms with E-state index in [2.05, 4.69) is 19.3 Å². The number of nitrogens with one attached hydrogen (secondary N) is 1. The quantitative estimate of drug-likeness (QED) is 0.634. The van der Waals surface area contributed by atoms with Gasteiger partial charge in [0, 0.05) is 6.08 Å². The van der Waals surface area contributed by atoms with Crippen molar-refractivity contribution in [3.8, 4) is 0 Å². The minimum atomic E-state index is -0.251. The molecule has 0 aromatic heterocycles. The molecule has 90 valence electrons. The lowest BCUT2D eigenvalue weighted by Crippen LogP contribution is -2.46. The molecule has 1 rings (SSSR count). The average molecular weight is 227 g/mol. The highest BCUT2D eigenvalue weighted by atomic mass is 16.7. The van der Waals surface area contributed by atoms with Crippen LogP contribution in [0.4, 0.5) is 0 Å². The van der Waals surface area contributed by atoms with Crippen molar-refractivity contribution in [1.82, 2.24) is 10.6 Å². The lowest BCUT2D eigenvalue weighted by Gasteiger charge is -2.23. The molecule has 0 saturated carbocycles. The summed E-state index contributed by atoms with van der Waals surface area (Å²) in [5.74, 6) is 2.51. The normalized spacial score (nSPS) is 17.1. The first kappa shape index (κ1) is 12.6. The van der Waals surface area contributed by atoms with E-state index in [9.17, 15) is 4.79 Å². The molecule has 0 amide bonds. The third kappa shape index (κ3) is 3.94. The van der Waals surface area contributed by atoms with E-state index in [1.54, 1.807) is 5.94 Å². The first-order valence-electron chi connectivity index (χ1n) is 5.14. The van der Waals surface area contributed by atoms with Crippen LogP contribution in [0, 0.1) is 5.92 Å². The van der Waals surface area contributed by atoms with Crippen molar-refractivity contribution in [3.05, 3.63) is 18.2 Å². The standard InChI is InChI=1S/C10H17N3O3/c1-8(2)6-9(11)13-12-10(7-16-13)15-5-3-4-14/h3,7-9,12H,5-6,11H2,1-2H3/t9-/m0/s1. The molecule has 1 aliphatic rings. The first-order chi connectivity index (χ1) is 7.63. The van der Waals surface area contributed by atoms with Gasteiger partial charge in [0.1, 0.15) is 18.7 Å². The zero-order chi connectivity index (χ0) is 12.0. The molecule has 0 aromatic carbocycles. The third-order valence-corrected chi connectivity index (χ3v) is 1.91. The van der Waals surface area contributed by atoms with E-state index < -0.39 is 0 Å². The second-order valence-electron chi connectivity index (χ2n) is 3.85. The molecule has 0 aromatic rings. The minimum Gasteiger partial charge on any atom is -0.471 e.